The van der Waals surface area contributed by atoms with Gasteiger partial charge in [-0.05, 0) is 19.9 Å². The van der Waals surface area contributed by atoms with Crippen LogP contribution in [0.4, 0.5) is 0 Å². The smallest absolute Gasteiger partial charge is 0.123 e. The van der Waals surface area contributed by atoms with Gasteiger partial charge in [0.25, 0.3) is 0 Å². The summed E-state index contributed by atoms with van der Waals surface area (Å²) in [6.45, 7) is 5.27. The number of thiazole rings is 1. The van der Waals surface area contributed by atoms with Crippen LogP contribution in [-0.4, -0.2) is 11.6 Å². The van der Waals surface area contributed by atoms with E-state index < -0.39 is 0 Å². The maximum absolute atomic E-state index is 5.81. The summed E-state index contributed by atoms with van der Waals surface area (Å²) >= 11 is 1.68. The van der Waals surface area contributed by atoms with E-state index in [1.54, 1.807) is 11.3 Å². The van der Waals surface area contributed by atoms with Gasteiger partial charge in [0.2, 0.25) is 0 Å². The lowest BCUT2D eigenvalue weighted by molar-refractivity contribution is 0.319. The molecule has 0 aliphatic carbocycles. The van der Waals surface area contributed by atoms with E-state index in [-0.39, 0.29) is 0 Å². The number of hydrogen-bond acceptors (Lipinski definition) is 4. The highest BCUT2D eigenvalue weighted by Gasteiger charge is 2.05. The maximum atomic E-state index is 5.81. The molecule has 2 aromatic rings. The van der Waals surface area contributed by atoms with Gasteiger partial charge in [-0.2, -0.15) is 0 Å². The van der Waals surface area contributed by atoms with Crippen molar-refractivity contribution in [3.05, 3.63) is 45.4 Å². The molecule has 0 unspecified atom stereocenters. The number of ether oxygens (including phenoxy) is 1. The first kappa shape index (κ1) is 13.1. The minimum Gasteiger partial charge on any atom is -0.493 e. The summed E-state index contributed by atoms with van der Waals surface area (Å²) in [5.74, 6) is 0.894. The van der Waals surface area contributed by atoms with E-state index in [1.807, 2.05) is 24.6 Å². The standard InChI is InChI=1S/C14H18N2OS/c1-10-3-4-13(12(7-10)8-15)17-6-5-14-11(2)16-9-18-14/h3-4,7,9H,5-6,8,15H2,1-2H3. The van der Waals surface area contributed by atoms with Gasteiger partial charge in [0, 0.05) is 23.4 Å². The minimum absolute atomic E-state index is 0.511. The van der Waals surface area contributed by atoms with E-state index in [1.165, 1.54) is 10.4 Å². The third-order valence-corrected chi connectivity index (χ3v) is 3.86. The Balaban J connectivity index is 1.96. The van der Waals surface area contributed by atoms with Crippen LogP contribution in [-0.2, 0) is 13.0 Å². The molecule has 1 heterocycles. The van der Waals surface area contributed by atoms with Gasteiger partial charge < -0.3 is 10.5 Å². The van der Waals surface area contributed by atoms with Gasteiger partial charge in [0.05, 0.1) is 17.8 Å². The van der Waals surface area contributed by atoms with Crippen LogP contribution < -0.4 is 10.5 Å². The van der Waals surface area contributed by atoms with Crippen molar-refractivity contribution >= 4 is 11.3 Å². The number of nitrogens with two attached hydrogens (primary N) is 1. The number of benzene rings is 1. The quantitative estimate of drug-likeness (QED) is 0.901. The van der Waals surface area contributed by atoms with Crippen molar-refractivity contribution in [1.29, 1.82) is 0 Å². The first-order chi connectivity index (χ1) is 8.70. The van der Waals surface area contributed by atoms with Crippen LogP contribution in [0, 0.1) is 13.8 Å². The molecule has 1 aromatic heterocycles. The zero-order valence-electron chi connectivity index (χ0n) is 10.8. The van der Waals surface area contributed by atoms with Crippen LogP contribution in [0.2, 0.25) is 0 Å². The Morgan fingerprint density at radius 1 is 1.33 bits per heavy atom. The Morgan fingerprint density at radius 2 is 2.17 bits per heavy atom. The fourth-order valence-corrected chi connectivity index (χ4v) is 2.59. The summed E-state index contributed by atoms with van der Waals surface area (Å²) in [5, 5.41) is 0. The Morgan fingerprint density at radius 3 is 2.83 bits per heavy atom. The second-order valence-corrected chi connectivity index (χ2v) is 5.21. The van der Waals surface area contributed by atoms with Crippen LogP contribution in [0.15, 0.2) is 23.7 Å². The Bertz CT molecular complexity index is 522. The lowest BCUT2D eigenvalue weighted by Gasteiger charge is -2.10. The summed E-state index contributed by atoms with van der Waals surface area (Å²) in [4.78, 5) is 5.52. The highest BCUT2D eigenvalue weighted by Crippen LogP contribution is 2.20. The second kappa shape index (κ2) is 5.98. The molecule has 1 aromatic carbocycles. The fraction of sp³-hybridized carbons (Fsp3) is 0.357. The van der Waals surface area contributed by atoms with Crippen molar-refractivity contribution in [1.82, 2.24) is 4.98 Å². The molecule has 0 saturated heterocycles. The van der Waals surface area contributed by atoms with Gasteiger partial charge in [-0.25, -0.2) is 4.98 Å². The van der Waals surface area contributed by atoms with E-state index in [0.717, 1.165) is 23.4 Å². The van der Waals surface area contributed by atoms with E-state index in [2.05, 4.69) is 18.0 Å². The van der Waals surface area contributed by atoms with Crippen molar-refractivity contribution in [2.24, 2.45) is 5.73 Å². The summed E-state index contributed by atoms with van der Waals surface area (Å²) in [6.07, 6.45) is 0.897. The minimum atomic E-state index is 0.511. The molecule has 0 fully saturated rings. The SMILES string of the molecule is Cc1ccc(OCCc2scnc2C)c(CN)c1. The molecule has 0 radical (unpaired) electrons. The van der Waals surface area contributed by atoms with Crippen LogP contribution in [0.25, 0.3) is 0 Å². The van der Waals surface area contributed by atoms with Crippen molar-refractivity contribution in [3.63, 3.8) is 0 Å². The highest BCUT2D eigenvalue weighted by molar-refractivity contribution is 7.09. The van der Waals surface area contributed by atoms with Crippen LogP contribution >= 0.6 is 11.3 Å². The number of aromatic nitrogens is 1. The molecule has 0 aliphatic heterocycles. The predicted molar refractivity (Wildman–Crippen MR) is 75.1 cm³/mol. The van der Waals surface area contributed by atoms with Crippen LogP contribution in [0.5, 0.6) is 5.75 Å². The van der Waals surface area contributed by atoms with Gasteiger partial charge in [0.15, 0.2) is 0 Å². The summed E-state index contributed by atoms with van der Waals surface area (Å²) in [7, 11) is 0. The maximum Gasteiger partial charge on any atom is 0.123 e. The molecule has 0 aliphatic rings. The number of nitrogens with zero attached hydrogens (tertiary/aromatic N) is 1. The molecular formula is C14H18N2OS. The molecule has 0 atom stereocenters. The Hall–Kier alpha value is -1.39. The lowest BCUT2D eigenvalue weighted by atomic mass is 10.1. The Labute approximate surface area is 112 Å². The molecule has 3 nitrogen and oxygen atoms in total. The van der Waals surface area contributed by atoms with Crippen molar-refractivity contribution in [2.75, 3.05) is 6.61 Å². The van der Waals surface area contributed by atoms with Gasteiger partial charge in [-0.1, -0.05) is 17.7 Å². The van der Waals surface area contributed by atoms with Gasteiger partial charge in [-0.3, -0.25) is 0 Å². The fourth-order valence-electron chi connectivity index (χ4n) is 1.83. The molecule has 96 valence electrons. The van der Waals surface area contributed by atoms with Gasteiger partial charge in [0.1, 0.15) is 5.75 Å². The van der Waals surface area contributed by atoms with Gasteiger partial charge >= 0.3 is 0 Å². The number of hydrogen-bond donors (Lipinski definition) is 1. The Kier molecular flexibility index (Phi) is 4.33. The molecule has 4 heteroatoms. The van der Waals surface area contributed by atoms with Crippen molar-refractivity contribution in [2.45, 2.75) is 26.8 Å². The second-order valence-electron chi connectivity index (χ2n) is 4.27. The molecule has 2 N–H and O–H groups in total. The number of aryl methyl sites for hydroxylation is 2. The number of rotatable bonds is 5. The van der Waals surface area contributed by atoms with Gasteiger partial charge in [-0.15, -0.1) is 11.3 Å². The monoisotopic (exact) mass is 262 g/mol. The average Bonchev–Trinajstić information content (AvgIpc) is 2.77. The van der Waals surface area contributed by atoms with Crippen molar-refractivity contribution < 1.29 is 4.74 Å². The third-order valence-electron chi connectivity index (χ3n) is 2.87. The van der Waals surface area contributed by atoms with Crippen molar-refractivity contribution in [3.8, 4) is 5.75 Å². The third kappa shape index (κ3) is 3.09. The van der Waals surface area contributed by atoms with Crippen LogP contribution in [0.3, 0.4) is 0 Å². The molecule has 0 bridgehead atoms. The molecule has 0 saturated carbocycles. The highest BCUT2D eigenvalue weighted by atomic mass is 32.1. The topological polar surface area (TPSA) is 48.1 Å². The zero-order valence-corrected chi connectivity index (χ0v) is 11.6. The van der Waals surface area contributed by atoms with E-state index >= 15 is 0 Å². The first-order valence-corrected chi connectivity index (χ1v) is 6.90. The largest absolute Gasteiger partial charge is 0.493 e. The average molecular weight is 262 g/mol. The summed E-state index contributed by atoms with van der Waals surface area (Å²) in [6, 6.07) is 6.12. The molecular weight excluding hydrogens is 244 g/mol. The van der Waals surface area contributed by atoms with E-state index in [9.17, 15) is 0 Å². The predicted octanol–water partition coefficient (Wildman–Crippen LogP) is 2.84. The molecule has 2 rings (SSSR count). The zero-order chi connectivity index (χ0) is 13.0. The summed E-state index contributed by atoms with van der Waals surface area (Å²) < 4.78 is 5.81. The molecule has 0 spiro atoms. The lowest BCUT2D eigenvalue weighted by Crippen LogP contribution is -2.06. The summed E-state index contributed by atoms with van der Waals surface area (Å²) in [5.41, 5.74) is 11.0. The van der Waals surface area contributed by atoms with Crippen LogP contribution in [0.1, 0.15) is 21.7 Å². The van der Waals surface area contributed by atoms with E-state index in [0.29, 0.717) is 13.2 Å². The normalized spacial score (nSPS) is 10.6. The molecule has 18 heavy (non-hydrogen) atoms. The molecule has 0 amide bonds. The first-order valence-electron chi connectivity index (χ1n) is 6.02. The van der Waals surface area contributed by atoms with E-state index in [4.69, 9.17) is 10.5 Å².